The van der Waals surface area contributed by atoms with Crippen LogP contribution in [0.3, 0.4) is 0 Å². The number of nitrogens with one attached hydrogen (secondary N) is 4. The highest BCUT2D eigenvalue weighted by Crippen LogP contribution is 2.10. The summed E-state index contributed by atoms with van der Waals surface area (Å²) in [5.74, 6) is 4.82. The number of carbonyl (C=O) groups is 4. The molecule has 0 saturated carbocycles. The number of fused-ring (bicyclic) bond motifs is 2. The molecule has 1 aliphatic heterocycles. The van der Waals surface area contributed by atoms with Crippen LogP contribution < -0.4 is 21.3 Å². The molecule has 2 bridgehead atoms. The van der Waals surface area contributed by atoms with Crippen molar-refractivity contribution >= 4 is 23.6 Å². The van der Waals surface area contributed by atoms with Gasteiger partial charge in [0.15, 0.2) is 0 Å². The molecule has 0 aromatic heterocycles. The highest BCUT2D eigenvalue weighted by atomic mass is 16.2. The van der Waals surface area contributed by atoms with Crippen molar-refractivity contribution < 1.29 is 19.2 Å². The SMILES string of the molecule is CC(C)CC1NC(=O)[C@H](Cc2ccccc2)NC(=O)CCCC#Cc2cccc(c2)CNC(=O)[C@H](C)NC1=O. The molecule has 0 aliphatic carbocycles. The van der Waals surface area contributed by atoms with E-state index in [0.717, 1.165) is 16.7 Å². The molecule has 8 heteroatoms. The van der Waals surface area contributed by atoms with Gasteiger partial charge in [-0.05, 0) is 48.9 Å². The zero-order chi connectivity index (χ0) is 28.2. The molecule has 2 aromatic rings. The van der Waals surface area contributed by atoms with Crippen molar-refractivity contribution in [1.82, 2.24) is 21.3 Å². The molecule has 2 aromatic carbocycles. The lowest BCUT2D eigenvalue weighted by Gasteiger charge is -2.25. The summed E-state index contributed by atoms with van der Waals surface area (Å²) in [7, 11) is 0. The normalized spacial score (nSPS) is 21.5. The fraction of sp³-hybridized carbons (Fsp3) is 0.419. The van der Waals surface area contributed by atoms with Gasteiger partial charge < -0.3 is 21.3 Å². The van der Waals surface area contributed by atoms with Crippen molar-refractivity contribution in [3.63, 3.8) is 0 Å². The maximum Gasteiger partial charge on any atom is 0.243 e. The summed E-state index contributed by atoms with van der Waals surface area (Å²) < 4.78 is 0. The van der Waals surface area contributed by atoms with Gasteiger partial charge in [0.05, 0.1) is 0 Å². The zero-order valence-electron chi connectivity index (χ0n) is 22.9. The maximum absolute atomic E-state index is 13.4. The molecule has 1 heterocycles. The second-order valence-electron chi connectivity index (χ2n) is 10.3. The van der Waals surface area contributed by atoms with E-state index in [2.05, 4.69) is 33.1 Å². The maximum atomic E-state index is 13.4. The molecule has 39 heavy (non-hydrogen) atoms. The Morgan fingerprint density at radius 2 is 1.62 bits per heavy atom. The van der Waals surface area contributed by atoms with Gasteiger partial charge >= 0.3 is 0 Å². The number of carbonyl (C=O) groups excluding carboxylic acids is 4. The van der Waals surface area contributed by atoms with E-state index in [1.165, 1.54) is 0 Å². The summed E-state index contributed by atoms with van der Waals surface area (Å²) in [5, 5.41) is 11.3. The molecule has 3 rings (SSSR count). The Hall–Kier alpha value is -4.12. The Morgan fingerprint density at radius 1 is 0.872 bits per heavy atom. The first kappa shape index (κ1) is 29.4. The summed E-state index contributed by atoms with van der Waals surface area (Å²) in [6.07, 6.45) is 1.96. The summed E-state index contributed by atoms with van der Waals surface area (Å²) in [5.41, 5.74) is 2.59. The van der Waals surface area contributed by atoms with Gasteiger partial charge in [-0.2, -0.15) is 0 Å². The Bertz CT molecular complexity index is 1220. The highest BCUT2D eigenvalue weighted by molar-refractivity contribution is 5.94. The quantitative estimate of drug-likeness (QED) is 0.455. The Balaban J connectivity index is 1.85. The minimum atomic E-state index is -0.861. The number of hydrogen-bond acceptors (Lipinski definition) is 4. The van der Waals surface area contributed by atoms with E-state index in [-0.39, 0.29) is 30.6 Å². The lowest BCUT2D eigenvalue weighted by Crippen LogP contribution is -2.56. The first-order valence-electron chi connectivity index (χ1n) is 13.5. The van der Waals surface area contributed by atoms with E-state index >= 15 is 0 Å². The van der Waals surface area contributed by atoms with E-state index < -0.39 is 29.9 Å². The van der Waals surface area contributed by atoms with Crippen LogP contribution in [-0.2, 0) is 32.1 Å². The third-order valence-electron chi connectivity index (χ3n) is 6.36. The predicted octanol–water partition coefficient (Wildman–Crippen LogP) is 2.60. The van der Waals surface area contributed by atoms with Gasteiger partial charge in [0.2, 0.25) is 23.6 Å². The fourth-order valence-corrected chi connectivity index (χ4v) is 4.28. The van der Waals surface area contributed by atoms with Crippen molar-refractivity contribution in [2.45, 2.75) is 77.5 Å². The molecule has 1 unspecified atom stereocenters. The van der Waals surface area contributed by atoms with E-state index in [9.17, 15) is 19.2 Å². The molecule has 1 aliphatic rings. The number of benzene rings is 2. The van der Waals surface area contributed by atoms with Crippen LogP contribution in [0.1, 0.15) is 63.1 Å². The smallest absolute Gasteiger partial charge is 0.243 e. The average molecular weight is 531 g/mol. The summed E-state index contributed by atoms with van der Waals surface area (Å²) in [6, 6.07) is 14.4. The van der Waals surface area contributed by atoms with Crippen LogP contribution in [-0.4, -0.2) is 41.8 Å². The van der Waals surface area contributed by atoms with Crippen LogP contribution in [0.25, 0.3) is 0 Å². The van der Waals surface area contributed by atoms with Gasteiger partial charge in [0.1, 0.15) is 18.1 Å². The first-order valence-corrected chi connectivity index (χ1v) is 13.5. The van der Waals surface area contributed by atoms with E-state index in [1.54, 1.807) is 6.92 Å². The number of rotatable bonds is 4. The van der Waals surface area contributed by atoms with Crippen molar-refractivity contribution in [2.24, 2.45) is 5.92 Å². The van der Waals surface area contributed by atoms with E-state index in [1.807, 2.05) is 68.4 Å². The van der Waals surface area contributed by atoms with Gasteiger partial charge in [-0.1, -0.05) is 68.2 Å². The second kappa shape index (κ2) is 14.7. The van der Waals surface area contributed by atoms with Gasteiger partial charge in [-0.3, -0.25) is 19.2 Å². The molecule has 0 radical (unpaired) electrons. The molecule has 4 N–H and O–H groups in total. The fourth-order valence-electron chi connectivity index (χ4n) is 4.28. The summed E-state index contributed by atoms with van der Waals surface area (Å²) in [4.78, 5) is 52.1. The van der Waals surface area contributed by atoms with Crippen molar-refractivity contribution in [2.75, 3.05) is 0 Å². The van der Waals surface area contributed by atoms with Crippen LogP contribution in [0.15, 0.2) is 54.6 Å². The van der Waals surface area contributed by atoms with Crippen LogP contribution in [0.4, 0.5) is 0 Å². The standard InChI is InChI=1S/C31H38N4O4/c1-21(2)17-26-30(38)33-22(3)29(37)32-20-25-15-10-14-23(18-25)11-8-5-9-16-28(36)34-27(31(39)35-26)19-24-12-6-4-7-13-24/h4,6-7,10,12-15,18,21-22,26-27H,5,9,16-17,19-20H2,1-3H3,(H,32,37)(H,33,38)(H,34,36)(H,35,39)/t22-,26?,27-/m0/s1. The van der Waals surface area contributed by atoms with Crippen LogP contribution in [0.5, 0.6) is 0 Å². The van der Waals surface area contributed by atoms with Crippen molar-refractivity contribution in [3.8, 4) is 11.8 Å². The molecule has 0 fully saturated rings. The van der Waals surface area contributed by atoms with E-state index in [4.69, 9.17) is 0 Å². The van der Waals surface area contributed by atoms with Crippen molar-refractivity contribution in [3.05, 3.63) is 71.3 Å². The summed E-state index contributed by atoms with van der Waals surface area (Å²) >= 11 is 0. The highest BCUT2D eigenvalue weighted by Gasteiger charge is 2.29. The lowest BCUT2D eigenvalue weighted by atomic mass is 10.0. The minimum absolute atomic E-state index is 0.103. The van der Waals surface area contributed by atoms with Gasteiger partial charge in [-0.25, -0.2) is 0 Å². The third kappa shape index (κ3) is 9.93. The first-order chi connectivity index (χ1) is 18.7. The predicted molar refractivity (Wildman–Crippen MR) is 150 cm³/mol. The molecule has 4 amide bonds. The zero-order valence-corrected chi connectivity index (χ0v) is 22.9. The molecule has 3 atom stereocenters. The summed E-state index contributed by atoms with van der Waals surface area (Å²) in [6.45, 7) is 5.80. The van der Waals surface area contributed by atoms with Crippen LogP contribution in [0.2, 0.25) is 0 Å². The molecule has 206 valence electrons. The molecular formula is C31H38N4O4. The largest absolute Gasteiger partial charge is 0.350 e. The lowest BCUT2D eigenvalue weighted by molar-refractivity contribution is -0.133. The molecule has 8 nitrogen and oxygen atoms in total. The van der Waals surface area contributed by atoms with Gasteiger partial charge in [-0.15, -0.1) is 0 Å². The number of amides is 4. The third-order valence-corrected chi connectivity index (χ3v) is 6.36. The van der Waals surface area contributed by atoms with Crippen molar-refractivity contribution in [1.29, 1.82) is 0 Å². The average Bonchev–Trinajstić information content (AvgIpc) is 2.90. The van der Waals surface area contributed by atoms with Gasteiger partial charge in [0.25, 0.3) is 0 Å². The monoisotopic (exact) mass is 530 g/mol. The van der Waals surface area contributed by atoms with Gasteiger partial charge in [0, 0.05) is 31.4 Å². The van der Waals surface area contributed by atoms with Crippen LogP contribution in [0, 0.1) is 17.8 Å². The Labute approximate surface area is 230 Å². The molecule has 0 saturated heterocycles. The topological polar surface area (TPSA) is 116 Å². The molecule has 0 spiro atoms. The Morgan fingerprint density at radius 3 is 2.36 bits per heavy atom. The molecular weight excluding hydrogens is 492 g/mol. The van der Waals surface area contributed by atoms with E-state index in [0.29, 0.717) is 25.8 Å². The number of hydrogen-bond donors (Lipinski definition) is 4. The Kier molecular flexibility index (Phi) is 11.1. The van der Waals surface area contributed by atoms with Crippen LogP contribution >= 0.6 is 0 Å². The second-order valence-corrected chi connectivity index (χ2v) is 10.3. The minimum Gasteiger partial charge on any atom is -0.350 e.